The Hall–Kier alpha value is -2.25. The fraction of sp³-hybridized carbons (Fsp3) is 0.368. The Bertz CT molecular complexity index is 856. The summed E-state index contributed by atoms with van der Waals surface area (Å²) in [5.41, 5.74) is 0.983. The van der Waals surface area contributed by atoms with Crippen molar-refractivity contribution < 1.29 is 4.74 Å². The lowest BCUT2D eigenvalue weighted by Gasteiger charge is -2.32. The van der Waals surface area contributed by atoms with Crippen LogP contribution in [-0.4, -0.2) is 16.7 Å². The van der Waals surface area contributed by atoms with E-state index in [0.29, 0.717) is 6.54 Å². The van der Waals surface area contributed by atoms with E-state index in [9.17, 15) is 4.79 Å². The first-order valence-corrected chi connectivity index (χ1v) is 8.30. The third-order valence-corrected chi connectivity index (χ3v) is 4.58. The lowest BCUT2D eigenvalue weighted by atomic mass is 9.71. The average molecular weight is 343 g/mol. The van der Waals surface area contributed by atoms with Gasteiger partial charge in [-0.25, -0.2) is 4.98 Å². The molecule has 1 saturated carbocycles. The van der Waals surface area contributed by atoms with E-state index in [1.54, 1.807) is 17.9 Å². The van der Waals surface area contributed by atoms with Gasteiger partial charge in [0.15, 0.2) is 5.69 Å². The first-order chi connectivity index (χ1) is 11.5. The fourth-order valence-corrected chi connectivity index (χ4v) is 2.88. The molecular formula is C19H19ClN2O2. The number of halogens is 1. The van der Waals surface area contributed by atoms with Crippen LogP contribution in [-0.2, 0) is 6.54 Å². The van der Waals surface area contributed by atoms with Gasteiger partial charge in [-0.1, -0.05) is 36.1 Å². The number of benzene rings is 1. The number of ether oxygens (including phenoxy) is 1. The second-order valence-corrected chi connectivity index (χ2v) is 6.74. The second kappa shape index (κ2) is 6.70. The molecule has 0 amide bonds. The third-order valence-electron chi connectivity index (χ3n) is 4.40. The molecule has 0 aliphatic heterocycles. The van der Waals surface area contributed by atoms with Crippen molar-refractivity contribution in [2.45, 2.75) is 32.7 Å². The van der Waals surface area contributed by atoms with Gasteiger partial charge in [0.05, 0.1) is 13.7 Å². The first kappa shape index (κ1) is 16.6. The molecule has 0 unspecified atom stereocenters. The SMILES string of the molecule is COc1ccc(Cn2cc(Cl)nc(C#CC3(C)CCC3)c2=O)cc1. The molecule has 0 radical (unpaired) electrons. The van der Waals surface area contributed by atoms with Gasteiger partial charge in [-0.05, 0) is 43.4 Å². The minimum absolute atomic E-state index is 0.0112. The van der Waals surface area contributed by atoms with Crippen molar-refractivity contribution in [3.05, 3.63) is 57.2 Å². The molecule has 24 heavy (non-hydrogen) atoms. The summed E-state index contributed by atoms with van der Waals surface area (Å²) in [6, 6.07) is 7.56. The number of nitrogens with zero attached hydrogens (tertiary/aromatic N) is 2. The van der Waals surface area contributed by atoms with Crippen LogP contribution in [0.5, 0.6) is 5.75 Å². The zero-order valence-electron chi connectivity index (χ0n) is 13.8. The fourth-order valence-electron chi connectivity index (χ4n) is 2.68. The van der Waals surface area contributed by atoms with Crippen LogP contribution in [0.1, 0.15) is 37.4 Å². The summed E-state index contributed by atoms with van der Waals surface area (Å²) in [5.74, 6) is 6.90. The molecule has 1 aromatic carbocycles. The van der Waals surface area contributed by atoms with Crippen LogP contribution in [0, 0.1) is 17.3 Å². The quantitative estimate of drug-likeness (QED) is 0.802. The van der Waals surface area contributed by atoms with E-state index < -0.39 is 0 Å². The van der Waals surface area contributed by atoms with Gasteiger partial charge >= 0.3 is 0 Å². The normalized spacial score (nSPS) is 15.1. The van der Waals surface area contributed by atoms with Gasteiger partial charge in [-0.3, -0.25) is 4.79 Å². The topological polar surface area (TPSA) is 44.1 Å². The maximum Gasteiger partial charge on any atom is 0.285 e. The van der Waals surface area contributed by atoms with Gasteiger partial charge < -0.3 is 9.30 Å². The Balaban J connectivity index is 1.89. The van der Waals surface area contributed by atoms with Crippen LogP contribution in [0.4, 0.5) is 0 Å². The van der Waals surface area contributed by atoms with Gasteiger partial charge in [0.25, 0.3) is 5.56 Å². The summed E-state index contributed by atoms with van der Waals surface area (Å²) < 4.78 is 6.69. The summed E-state index contributed by atoms with van der Waals surface area (Å²) in [6.45, 7) is 2.53. The van der Waals surface area contributed by atoms with Crippen molar-refractivity contribution in [2.75, 3.05) is 7.11 Å². The number of hydrogen-bond donors (Lipinski definition) is 0. The van der Waals surface area contributed by atoms with E-state index in [1.807, 2.05) is 24.3 Å². The zero-order chi connectivity index (χ0) is 17.2. The second-order valence-electron chi connectivity index (χ2n) is 6.36. The van der Waals surface area contributed by atoms with Crippen molar-refractivity contribution in [2.24, 2.45) is 5.41 Å². The third kappa shape index (κ3) is 3.63. The van der Waals surface area contributed by atoms with Crippen molar-refractivity contribution >= 4 is 11.6 Å². The molecule has 0 N–H and O–H groups in total. The van der Waals surface area contributed by atoms with Gasteiger partial charge in [-0.2, -0.15) is 0 Å². The van der Waals surface area contributed by atoms with Crippen LogP contribution >= 0.6 is 11.6 Å². The molecular weight excluding hydrogens is 324 g/mol. The molecule has 0 saturated heterocycles. The molecule has 0 spiro atoms. The van der Waals surface area contributed by atoms with Crippen molar-refractivity contribution in [3.8, 4) is 17.6 Å². The standard InChI is InChI=1S/C19H19ClN2O2/c1-19(9-3-10-19)11-8-16-18(23)22(13-17(20)21-16)12-14-4-6-15(24-2)7-5-14/h4-7,13H,3,9-10,12H2,1-2H3. The summed E-state index contributed by atoms with van der Waals surface area (Å²) in [6.07, 6.45) is 4.88. The number of aromatic nitrogens is 2. The summed E-state index contributed by atoms with van der Waals surface area (Å²) >= 11 is 6.08. The van der Waals surface area contributed by atoms with Crippen molar-refractivity contribution in [3.63, 3.8) is 0 Å². The highest BCUT2D eigenvalue weighted by molar-refractivity contribution is 6.29. The van der Waals surface area contributed by atoms with Crippen LogP contribution < -0.4 is 10.3 Å². The largest absolute Gasteiger partial charge is 0.497 e. The molecule has 3 rings (SSSR count). The van der Waals surface area contributed by atoms with Gasteiger partial charge in [-0.15, -0.1) is 0 Å². The van der Waals surface area contributed by atoms with Gasteiger partial charge in [0.1, 0.15) is 10.9 Å². The van der Waals surface area contributed by atoms with E-state index in [0.717, 1.165) is 24.2 Å². The Morgan fingerprint density at radius 1 is 1.33 bits per heavy atom. The average Bonchev–Trinajstić information content (AvgIpc) is 2.55. The highest BCUT2D eigenvalue weighted by Gasteiger charge is 2.29. The molecule has 0 bridgehead atoms. The van der Waals surface area contributed by atoms with E-state index in [1.165, 1.54) is 6.42 Å². The van der Waals surface area contributed by atoms with Gasteiger partial charge in [0, 0.05) is 11.6 Å². The van der Waals surface area contributed by atoms with E-state index in [4.69, 9.17) is 16.3 Å². The lowest BCUT2D eigenvalue weighted by molar-refractivity contribution is 0.248. The smallest absolute Gasteiger partial charge is 0.285 e. The lowest BCUT2D eigenvalue weighted by Crippen LogP contribution is -2.26. The van der Waals surface area contributed by atoms with Crippen LogP contribution in [0.2, 0.25) is 5.15 Å². The Morgan fingerprint density at radius 3 is 2.62 bits per heavy atom. The van der Waals surface area contributed by atoms with Crippen molar-refractivity contribution in [1.29, 1.82) is 0 Å². The van der Waals surface area contributed by atoms with E-state index in [-0.39, 0.29) is 21.8 Å². The number of rotatable bonds is 3. The zero-order valence-corrected chi connectivity index (χ0v) is 14.6. The number of hydrogen-bond acceptors (Lipinski definition) is 3. The van der Waals surface area contributed by atoms with Crippen LogP contribution in [0.25, 0.3) is 0 Å². The van der Waals surface area contributed by atoms with E-state index in [2.05, 4.69) is 23.7 Å². The molecule has 1 aromatic heterocycles. The predicted molar refractivity (Wildman–Crippen MR) is 94.4 cm³/mol. The minimum atomic E-state index is -0.217. The van der Waals surface area contributed by atoms with Crippen LogP contribution in [0.15, 0.2) is 35.3 Å². The molecule has 124 valence electrons. The molecule has 5 heteroatoms. The summed E-state index contributed by atoms with van der Waals surface area (Å²) in [5, 5.41) is 0.270. The monoisotopic (exact) mass is 342 g/mol. The highest BCUT2D eigenvalue weighted by atomic mass is 35.5. The van der Waals surface area contributed by atoms with Crippen LogP contribution in [0.3, 0.4) is 0 Å². The maximum absolute atomic E-state index is 12.6. The highest BCUT2D eigenvalue weighted by Crippen LogP contribution is 2.39. The predicted octanol–water partition coefficient (Wildman–Crippen LogP) is 3.50. The molecule has 2 aromatic rings. The maximum atomic E-state index is 12.6. The minimum Gasteiger partial charge on any atom is -0.497 e. The van der Waals surface area contributed by atoms with Crippen molar-refractivity contribution in [1.82, 2.24) is 9.55 Å². The number of methoxy groups -OCH3 is 1. The Labute approximate surface area is 146 Å². The first-order valence-electron chi connectivity index (χ1n) is 7.92. The molecule has 1 aliphatic rings. The Kier molecular flexibility index (Phi) is 4.64. The van der Waals surface area contributed by atoms with Gasteiger partial charge in [0.2, 0.25) is 0 Å². The molecule has 1 fully saturated rings. The Morgan fingerprint density at radius 2 is 2.04 bits per heavy atom. The summed E-state index contributed by atoms with van der Waals surface area (Å²) in [7, 11) is 1.62. The molecule has 1 aliphatic carbocycles. The summed E-state index contributed by atoms with van der Waals surface area (Å²) in [4.78, 5) is 16.7. The molecule has 0 atom stereocenters. The molecule has 4 nitrogen and oxygen atoms in total. The molecule has 1 heterocycles. The van der Waals surface area contributed by atoms with E-state index >= 15 is 0 Å².